The molecule has 0 unspecified atom stereocenters. The van der Waals surface area contributed by atoms with Crippen LogP contribution >= 0.6 is 0 Å². The number of aromatic nitrogens is 2. The Hall–Kier alpha value is -2.50. The van der Waals surface area contributed by atoms with Crippen LogP contribution in [0.4, 0.5) is 10.1 Å². The van der Waals surface area contributed by atoms with Gasteiger partial charge in [0.05, 0.1) is 0 Å². The number of hydrogen-bond donors (Lipinski definition) is 1. The molecule has 0 aliphatic carbocycles. The van der Waals surface area contributed by atoms with E-state index in [1.165, 1.54) is 24.4 Å². The van der Waals surface area contributed by atoms with Crippen molar-refractivity contribution < 1.29 is 9.18 Å². The number of amides is 1. The normalized spacial score (nSPS) is 10.2. The SMILES string of the molecule is Cc1ccc(NC(=O)Cn2ncccc2=O)cc1F. The molecule has 0 aliphatic heterocycles. The molecule has 0 bridgehead atoms. The number of benzene rings is 1. The lowest BCUT2D eigenvalue weighted by atomic mass is 10.2. The van der Waals surface area contributed by atoms with Crippen LogP contribution in [0.25, 0.3) is 0 Å². The van der Waals surface area contributed by atoms with Gasteiger partial charge in [-0.05, 0) is 30.7 Å². The van der Waals surface area contributed by atoms with Crippen molar-refractivity contribution in [3.63, 3.8) is 0 Å². The van der Waals surface area contributed by atoms with E-state index < -0.39 is 11.7 Å². The molecule has 0 fully saturated rings. The Bertz CT molecular complexity index is 667. The van der Waals surface area contributed by atoms with Crippen molar-refractivity contribution in [2.75, 3.05) is 5.32 Å². The van der Waals surface area contributed by atoms with E-state index in [1.807, 2.05) is 0 Å². The molecule has 1 aromatic carbocycles. The number of carbonyl (C=O) groups is 1. The summed E-state index contributed by atoms with van der Waals surface area (Å²) in [5, 5.41) is 6.27. The first kappa shape index (κ1) is 12.9. The van der Waals surface area contributed by atoms with Gasteiger partial charge in [-0.1, -0.05) is 6.07 Å². The molecule has 0 radical (unpaired) electrons. The van der Waals surface area contributed by atoms with Crippen LogP contribution < -0.4 is 10.9 Å². The minimum Gasteiger partial charge on any atom is -0.324 e. The lowest BCUT2D eigenvalue weighted by Gasteiger charge is -2.07. The topological polar surface area (TPSA) is 64.0 Å². The summed E-state index contributed by atoms with van der Waals surface area (Å²) in [6.45, 7) is 1.42. The third-order valence-electron chi connectivity index (χ3n) is 2.53. The highest BCUT2D eigenvalue weighted by Gasteiger charge is 2.06. The number of rotatable bonds is 3. The summed E-state index contributed by atoms with van der Waals surface area (Å²) in [6, 6.07) is 7.20. The second kappa shape index (κ2) is 5.43. The maximum Gasteiger partial charge on any atom is 0.267 e. The van der Waals surface area contributed by atoms with Gasteiger partial charge >= 0.3 is 0 Å². The van der Waals surface area contributed by atoms with Gasteiger partial charge < -0.3 is 5.32 Å². The van der Waals surface area contributed by atoms with Crippen LogP contribution in [0.2, 0.25) is 0 Å². The lowest BCUT2D eigenvalue weighted by molar-refractivity contribution is -0.117. The molecule has 1 N–H and O–H groups in total. The monoisotopic (exact) mass is 261 g/mol. The molecule has 1 amide bonds. The Labute approximate surface area is 108 Å². The Balaban J connectivity index is 2.08. The molecule has 98 valence electrons. The third-order valence-corrected chi connectivity index (χ3v) is 2.53. The van der Waals surface area contributed by atoms with Crippen LogP contribution in [0, 0.1) is 12.7 Å². The number of nitrogens with one attached hydrogen (secondary N) is 1. The van der Waals surface area contributed by atoms with Crippen molar-refractivity contribution in [3.05, 3.63) is 58.3 Å². The predicted molar refractivity (Wildman–Crippen MR) is 68.3 cm³/mol. The maximum atomic E-state index is 13.3. The van der Waals surface area contributed by atoms with Gasteiger partial charge in [0, 0.05) is 18.0 Å². The largest absolute Gasteiger partial charge is 0.324 e. The number of anilines is 1. The minimum atomic E-state index is -0.441. The molecule has 1 aromatic heterocycles. The summed E-state index contributed by atoms with van der Waals surface area (Å²) in [5.41, 5.74) is 0.476. The quantitative estimate of drug-likeness (QED) is 0.906. The Kier molecular flexibility index (Phi) is 3.70. The molecule has 1 heterocycles. The fourth-order valence-corrected chi connectivity index (χ4v) is 1.51. The van der Waals surface area contributed by atoms with E-state index in [-0.39, 0.29) is 12.1 Å². The van der Waals surface area contributed by atoms with Crippen LogP contribution in [-0.2, 0) is 11.3 Å². The fourth-order valence-electron chi connectivity index (χ4n) is 1.51. The first-order chi connectivity index (χ1) is 9.06. The fraction of sp³-hybridized carbons (Fsp3) is 0.154. The third kappa shape index (κ3) is 3.25. The summed E-state index contributed by atoms with van der Waals surface area (Å²) in [5.74, 6) is -0.836. The summed E-state index contributed by atoms with van der Waals surface area (Å²) in [7, 11) is 0. The molecule has 0 aliphatic rings. The van der Waals surface area contributed by atoms with E-state index >= 15 is 0 Å². The number of aryl methyl sites for hydroxylation is 1. The Morgan fingerprint density at radius 1 is 1.42 bits per heavy atom. The Morgan fingerprint density at radius 3 is 2.89 bits per heavy atom. The molecule has 5 nitrogen and oxygen atoms in total. The van der Waals surface area contributed by atoms with Gasteiger partial charge in [0.2, 0.25) is 5.91 Å². The summed E-state index contributed by atoms with van der Waals surface area (Å²) in [4.78, 5) is 23.1. The lowest BCUT2D eigenvalue weighted by Crippen LogP contribution is -2.28. The molecule has 0 saturated heterocycles. The number of halogens is 1. The number of nitrogens with zero attached hydrogens (tertiary/aromatic N) is 2. The molecule has 0 atom stereocenters. The van der Waals surface area contributed by atoms with Crippen LogP contribution in [0.15, 0.2) is 41.3 Å². The van der Waals surface area contributed by atoms with E-state index in [0.717, 1.165) is 4.68 Å². The number of carbonyl (C=O) groups excluding carboxylic acids is 1. The van der Waals surface area contributed by atoms with Crippen molar-refractivity contribution in [3.8, 4) is 0 Å². The van der Waals surface area contributed by atoms with Crippen LogP contribution in [-0.4, -0.2) is 15.7 Å². The first-order valence-electron chi connectivity index (χ1n) is 5.64. The van der Waals surface area contributed by atoms with Gasteiger partial charge in [-0.25, -0.2) is 9.07 Å². The van der Waals surface area contributed by atoms with Gasteiger partial charge in [-0.15, -0.1) is 0 Å². The van der Waals surface area contributed by atoms with E-state index in [9.17, 15) is 14.0 Å². The second-order valence-electron chi connectivity index (χ2n) is 4.03. The zero-order valence-corrected chi connectivity index (χ0v) is 10.3. The molecule has 2 rings (SSSR count). The van der Waals surface area contributed by atoms with Gasteiger partial charge in [-0.3, -0.25) is 9.59 Å². The van der Waals surface area contributed by atoms with Crippen molar-refractivity contribution in [1.29, 1.82) is 0 Å². The average molecular weight is 261 g/mol. The highest BCUT2D eigenvalue weighted by atomic mass is 19.1. The zero-order valence-electron chi connectivity index (χ0n) is 10.3. The molecular formula is C13H12FN3O2. The van der Waals surface area contributed by atoms with Crippen LogP contribution in [0.3, 0.4) is 0 Å². The Morgan fingerprint density at radius 2 is 2.21 bits per heavy atom. The molecule has 0 saturated carbocycles. The molecular weight excluding hydrogens is 249 g/mol. The molecule has 0 spiro atoms. The highest BCUT2D eigenvalue weighted by molar-refractivity contribution is 5.90. The summed E-state index contributed by atoms with van der Waals surface area (Å²) >= 11 is 0. The maximum absolute atomic E-state index is 13.3. The van der Waals surface area contributed by atoms with Crippen LogP contribution in [0.5, 0.6) is 0 Å². The van der Waals surface area contributed by atoms with Crippen molar-refractivity contribution in [2.45, 2.75) is 13.5 Å². The van der Waals surface area contributed by atoms with Gasteiger partial charge in [-0.2, -0.15) is 5.10 Å². The van der Waals surface area contributed by atoms with Crippen LogP contribution in [0.1, 0.15) is 5.56 Å². The molecule has 2 aromatic rings. The van der Waals surface area contributed by atoms with Gasteiger partial charge in [0.1, 0.15) is 12.4 Å². The van der Waals surface area contributed by atoms with Gasteiger partial charge in [0.15, 0.2) is 0 Å². The van der Waals surface area contributed by atoms with E-state index in [2.05, 4.69) is 10.4 Å². The number of hydrogen-bond acceptors (Lipinski definition) is 3. The van der Waals surface area contributed by atoms with E-state index in [1.54, 1.807) is 19.1 Å². The molecule has 6 heteroatoms. The zero-order chi connectivity index (χ0) is 13.8. The second-order valence-corrected chi connectivity index (χ2v) is 4.03. The summed E-state index contributed by atoms with van der Waals surface area (Å²) < 4.78 is 14.3. The van der Waals surface area contributed by atoms with Crippen molar-refractivity contribution >= 4 is 11.6 Å². The van der Waals surface area contributed by atoms with Gasteiger partial charge in [0.25, 0.3) is 5.56 Å². The van der Waals surface area contributed by atoms with E-state index in [4.69, 9.17) is 0 Å². The minimum absolute atomic E-state index is 0.213. The van der Waals surface area contributed by atoms with Crippen molar-refractivity contribution in [1.82, 2.24) is 9.78 Å². The smallest absolute Gasteiger partial charge is 0.267 e. The predicted octanol–water partition coefficient (Wildman–Crippen LogP) is 1.33. The van der Waals surface area contributed by atoms with Crippen molar-refractivity contribution in [2.24, 2.45) is 0 Å². The first-order valence-corrected chi connectivity index (χ1v) is 5.64. The standard InChI is InChI=1S/C13H12FN3O2/c1-9-4-5-10(7-11(9)14)16-12(18)8-17-13(19)3-2-6-15-17/h2-7H,8H2,1H3,(H,16,18). The average Bonchev–Trinajstić information content (AvgIpc) is 2.37. The van der Waals surface area contributed by atoms with E-state index in [0.29, 0.717) is 11.3 Å². The summed E-state index contributed by atoms with van der Waals surface area (Å²) in [6.07, 6.45) is 1.42. The highest BCUT2D eigenvalue weighted by Crippen LogP contribution is 2.13. The molecule has 19 heavy (non-hydrogen) atoms.